The van der Waals surface area contributed by atoms with Crippen molar-refractivity contribution in [2.75, 3.05) is 0 Å². The van der Waals surface area contributed by atoms with E-state index >= 15 is 0 Å². The highest BCUT2D eigenvalue weighted by molar-refractivity contribution is 5.94. The maximum Gasteiger partial charge on any atom is 0.262 e. The molecule has 0 radical (unpaired) electrons. The molecule has 2 aromatic carbocycles. The first kappa shape index (κ1) is 17.0. The Hall–Kier alpha value is -3.48. The lowest BCUT2D eigenvalue weighted by Crippen LogP contribution is -2.22. The number of aromatic nitrogens is 4. The molecule has 27 heavy (non-hydrogen) atoms. The van der Waals surface area contributed by atoms with Crippen molar-refractivity contribution in [1.29, 1.82) is 0 Å². The summed E-state index contributed by atoms with van der Waals surface area (Å²) in [6.45, 7) is 4.07. The van der Waals surface area contributed by atoms with Gasteiger partial charge in [-0.1, -0.05) is 24.3 Å². The molecule has 0 atom stereocenters. The molecule has 0 aliphatic heterocycles. The maximum absolute atomic E-state index is 12.7. The van der Waals surface area contributed by atoms with Crippen LogP contribution in [0.4, 0.5) is 0 Å². The number of ketones is 1. The lowest BCUT2D eigenvalue weighted by Gasteiger charge is -2.10. The molecule has 0 bridgehead atoms. The molecule has 0 amide bonds. The fourth-order valence-electron chi connectivity index (χ4n) is 3.15. The molecule has 7 nitrogen and oxygen atoms in total. The molecule has 4 aromatic rings. The van der Waals surface area contributed by atoms with E-state index in [0.717, 1.165) is 5.52 Å². The van der Waals surface area contributed by atoms with Crippen LogP contribution < -0.4 is 10.3 Å². The molecule has 0 N–H and O–H groups in total. The van der Waals surface area contributed by atoms with Crippen LogP contribution in [0.2, 0.25) is 0 Å². The number of aryl methyl sites for hydroxylation is 1. The van der Waals surface area contributed by atoms with Crippen LogP contribution in [0.1, 0.15) is 30.0 Å². The summed E-state index contributed by atoms with van der Waals surface area (Å²) in [6, 6.07) is 14.4. The van der Waals surface area contributed by atoms with Crippen molar-refractivity contribution < 1.29 is 9.53 Å². The third-order valence-electron chi connectivity index (χ3n) is 4.50. The molecule has 0 unspecified atom stereocenters. The number of Topliss-reactive ketones (excluding diaryl/α,β-unsaturated/α-hetero) is 1. The van der Waals surface area contributed by atoms with Crippen molar-refractivity contribution in [3.05, 3.63) is 70.3 Å². The van der Waals surface area contributed by atoms with Gasteiger partial charge in [0, 0.05) is 12.1 Å². The average Bonchev–Trinajstić information content (AvgIpc) is 3.11. The highest BCUT2D eigenvalue weighted by Crippen LogP contribution is 2.18. The fraction of sp³-hybridized carbons (Fsp3) is 0.200. The van der Waals surface area contributed by atoms with Gasteiger partial charge >= 0.3 is 0 Å². The second-order valence-electron chi connectivity index (χ2n) is 6.19. The summed E-state index contributed by atoms with van der Waals surface area (Å²) in [7, 11) is 0. The van der Waals surface area contributed by atoms with Gasteiger partial charge < -0.3 is 4.74 Å². The Balaban J connectivity index is 1.79. The van der Waals surface area contributed by atoms with Crippen molar-refractivity contribution in [2.24, 2.45) is 0 Å². The number of hydrogen-bond donors (Lipinski definition) is 0. The van der Waals surface area contributed by atoms with Crippen molar-refractivity contribution in [1.82, 2.24) is 19.2 Å². The van der Waals surface area contributed by atoms with Gasteiger partial charge in [0.25, 0.3) is 5.56 Å². The molecule has 0 fully saturated rings. The SMILES string of the molecule is CCn1c(=O)c2ccccc2n2c(COc3cccc(C(C)=O)c3)nnc12. The molecule has 0 saturated carbocycles. The normalized spacial score (nSPS) is 11.2. The molecule has 0 spiro atoms. The smallest absolute Gasteiger partial charge is 0.262 e. The number of nitrogens with zero attached hydrogens (tertiary/aromatic N) is 4. The van der Waals surface area contributed by atoms with Crippen LogP contribution in [-0.2, 0) is 13.2 Å². The molecule has 0 aliphatic rings. The topological polar surface area (TPSA) is 78.5 Å². The zero-order valence-electron chi connectivity index (χ0n) is 15.0. The molecule has 2 heterocycles. The number of carbonyl (C=O) groups is 1. The lowest BCUT2D eigenvalue weighted by atomic mass is 10.1. The minimum Gasteiger partial charge on any atom is -0.486 e. The van der Waals surface area contributed by atoms with Crippen LogP contribution >= 0.6 is 0 Å². The van der Waals surface area contributed by atoms with E-state index in [1.165, 1.54) is 6.92 Å². The maximum atomic E-state index is 12.7. The van der Waals surface area contributed by atoms with Crippen LogP contribution in [0, 0.1) is 0 Å². The largest absolute Gasteiger partial charge is 0.486 e. The van der Waals surface area contributed by atoms with Crippen LogP contribution in [0.5, 0.6) is 5.75 Å². The van der Waals surface area contributed by atoms with Gasteiger partial charge in [0.15, 0.2) is 11.6 Å². The van der Waals surface area contributed by atoms with E-state index < -0.39 is 0 Å². The standard InChI is InChI=1S/C20H18N4O3/c1-3-23-19(26)16-9-4-5-10-17(16)24-18(21-22-20(23)24)12-27-15-8-6-7-14(11-15)13(2)25/h4-11H,3,12H2,1-2H3. The summed E-state index contributed by atoms with van der Waals surface area (Å²) in [4.78, 5) is 24.2. The number of carbonyl (C=O) groups excluding carboxylic acids is 1. The molecule has 4 rings (SSSR count). The Bertz CT molecular complexity index is 1220. The molecule has 2 aromatic heterocycles. The van der Waals surface area contributed by atoms with Gasteiger partial charge in [-0.2, -0.15) is 0 Å². The average molecular weight is 362 g/mol. The summed E-state index contributed by atoms with van der Waals surface area (Å²) >= 11 is 0. The van der Waals surface area contributed by atoms with E-state index in [1.807, 2.05) is 29.5 Å². The second kappa shape index (κ2) is 6.68. The van der Waals surface area contributed by atoms with Crippen molar-refractivity contribution in [3.8, 4) is 5.75 Å². The van der Waals surface area contributed by atoms with Gasteiger partial charge in [-0.3, -0.25) is 18.6 Å². The number of rotatable bonds is 5. The van der Waals surface area contributed by atoms with E-state index in [2.05, 4.69) is 10.2 Å². The van der Waals surface area contributed by atoms with Gasteiger partial charge in [-0.25, -0.2) is 0 Å². The summed E-state index contributed by atoms with van der Waals surface area (Å²) in [6.07, 6.45) is 0. The molecular formula is C20H18N4O3. The first-order valence-electron chi connectivity index (χ1n) is 8.69. The quantitative estimate of drug-likeness (QED) is 0.510. The van der Waals surface area contributed by atoms with E-state index in [0.29, 0.717) is 34.8 Å². The monoisotopic (exact) mass is 362 g/mol. The number of para-hydroxylation sites is 1. The number of fused-ring (bicyclic) bond motifs is 3. The molecule has 7 heteroatoms. The van der Waals surface area contributed by atoms with Crippen molar-refractivity contribution >= 4 is 22.5 Å². The summed E-state index contributed by atoms with van der Waals surface area (Å²) in [5.74, 6) is 1.62. The zero-order chi connectivity index (χ0) is 19.0. The summed E-state index contributed by atoms with van der Waals surface area (Å²) in [5, 5.41) is 9.03. The van der Waals surface area contributed by atoms with Crippen LogP contribution in [0.15, 0.2) is 53.3 Å². The van der Waals surface area contributed by atoms with Gasteiger partial charge in [-0.15, -0.1) is 10.2 Å². The van der Waals surface area contributed by atoms with Gasteiger partial charge in [0.1, 0.15) is 12.4 Å². The Labute approximate surface area is 154 Å². The second-order valence-corrected chi connectivity index (χ2v) is 6.19. The van der Waals surface area contributed by atoms with Crippen molar-refractivity contribution in [3.63, 3.8) is 0 Å². The molecule has 0 aliphatic carbocycles. The number of benzene rings is 2. The molecule has 136 valence electrons. The van der Waals surface area contributed by atoms with E-state index in [1.54, 1.807) is 34.9 Å². The third kappa shape index (κ3) is 2.87. The van der Waals surface area contributed by atoms with Crippen LogP contribution in [0.3, 0.4) is 0 Å². The molecule has 0 saturated heterocycles. The number of hydrogen-bond acceptors (Lipinski definition) is 5. The highest BCUT2D eigenvalue weighted by Gasteiger charge is 2.16. The fourth-order valence-corrected chi connectivity index (χ4v) is 3.15. The van der Waals surface area contributed by atoms with Gasteiger partial charge in [0.2, 0.25) is 5.78 Å². The highest BCUT2D eigenvalue weighted by atomic mass is 16.5. The third-order valence-corrected chi connectivity index (χ3v) is 4.50. The van der Waals surface area contributed by atoms with Crippen LogP contribution in [-0.4, -0.2) is 24.9 Å². The lowest BCUT2D eigenvalue weighted by molar-refractivity contribution is 0.101. The first-order valence-corrected chi connectivity index (χ1v) is 8.69. The first-order chi connectivity index (χ1) is 13.1. The summed E-state index contributed by atoms with van der Waals surface area (Å²) < 4.78 is 9.27. The number of ether oxygens (including phenoxy) is 1. The van der Waals surface area contributed by atoms with Gasteiger partial charge in [0.05, 0.1) is 10.9 Å². The van der Waals surface area contributed by atoms with E-state index in [9.17, 15) is 9.59 Å². The summed E-state index contributed by atoms with van der Waals surface area (Å²) in [5.41, 5.74) is 1.24. The minimum atomic E-state index is -0.0883. The minimum absolute atomic E-state index is 0.0219. The Kier molecular flexibility index (Phi) is 4.19. The van der Waals surface area contributed by atoms with E-state index in [4.69, 9.17) is 4.74 Å². The zero-order valence-corrected chi connectivity index (χ0v) is 15.0. The Morgan fingerprint density at radius 1 is 1.11 bits per heavy atom. The van der Waals surface area contributed by atoms with Crippen LogP contribution in [0.25, 0.3) is 16.7 Å². The Morgan fingerprint density at radius 2 is 1.93 bits per heavy atom. The van der Waals surface area contributed by atoms with Crippen molar-refractivity contribution in [2.45, 2.75) is 27.0 Å². The predicted octanol–water partition coefficient (Wildman–Crippen LogP) is 2.85. The van der Waals surface area contributed by atoms with E-state index in [-0.39, 0.29) is 17.9 Å². The Morgan fingerprint density at radius 3 is 2.70 bits per heavy atom. The van der Waals surface area contributed by atoms with Gasteiger partial charge in [-0.05, 0) is 38.1 Å². The predicted molar refractivity (Wildman–Crippen MR) is 101 cm³/mol. The molecular weight excluding hydrogens is 344 g/mol.